The second-order valence-electron chi connectivity index (χ2n) is 12.1. The standard InChI is InChI=1S/C33H54O7/c1-20-18-22(3)30(35)32-29(39-32)17-11-9-10-16-28(40-33(37)23(4)19-20)21(2)14-12-13-15-27(34)25(6)31(36)24(5)26(7)38-8/h9-10,12-13,18-19,21-22,24-32,34-36H,11,14-17H2,1-8H3/b10-9+,13-12+,20-18+,23-19+/t21-,22+,24+,25+,26-,27-,28-,29-,30-,31-,32+/m0/s1. The first-order valence-electron chi connectivity index (χ1n) is 15.0. The number of carbonyl (C=O) groups is 1. The van der Waals surface area contributed by atoms with E-state index >= 15 is 0 Å². The second kappa shape index (κ2) is 16.6. The lowest BCUT2D eigenvalue weighted by Gasteiger charge is -2.31. The molecule has 1 fully saturated rings. The smallest absolute Gasteiger partial charge is 0.334 e. The van der Waals surface area contributed by atoms with Gasteiger partial charge in [0, 0.05) is 36.9 Å². The van der Waals surface area contributed by atoms with Gasteiger partial charge in [0.05, 0.1) is 30.5 Å². The van der Waals surface area contributed by atoms with Gasteiger partial charge in [-0.25, -0.2) is 4.79 Å². The highest BCUT2D eigenvalue weighted by Crippen LogP contribution is 2.33. The maximum atomic E-state index is 13.0. The Balaban J connectivity index is 2.02. The van der Waals surface area contributed by atoms with E-state index in [2.05, 4.69) is 19.1 Å². The number of epoxide rings is 1. The SMILES string of the molecule is CO[C@@H](C)[C@@H](C)[C@H](O)[C@H](C)[C@@H](O)C/C=C/C[C@H](C)[C@@H]1C/C=C/CC[C@@H]2O[C@H]2[C@@H](O)[C@H](C)/C=C(C)/C=C(\C)C(=O)O1. The number of allylic oxidation sites excluding steroid dienone is 4. The lowest BCUT2D eigenvalue weighted by atomic mass is 9.85. The molecule has 1 saturated heterocycles. The Morgan fingerprint density at radius 1 is 1.07 bits per heavy atom. The lowest BCUT2D eigenvalue weighted by Crippen LogP contribution is -2.38. The summed E-state index contributed by atoms with van der Waals surface area (Å²) in [4.78, 5) is 13.0. The van der Waals surface area contributed by atoms with Crippen molar-refractivity contribution in [3.63, 3.8) is 0 Å². The molecule has 0 aromatic rings. The fourth-order valence-corrected chi connectivity index (χ4v) is 5.30. The molecule has 2 heterocycles. The number of esters is 1. The molecule has 2 aliphatic heterocycles. The average molecular weight is 563 g/mol. The van der Waals surface area contributed by atoms with Crippen LogP contribution in [0.5, 0.6) is 0 Å². The van der Waals surface area contributed by atoms with Gasteiger partial charge in [-0.1, -0.05) is 63.6 Å². The summed E-state index contributed by atoms with van der Waals surface area (Å²) in [6, 6.07) is 0. The Bertz CT molecular complexity index is 906. The third-order valence-electron chi connectivity index (χ3n) is 8.68. The van der Waals surface area contributed by atoms with Gasteiger partial charge in [0.2, 0.25) is 0 Å². The van der Waals surface area contributed by atoms with Crippen LogP contribution in [0.15, 0.2) is 47.6 Å². The summed E-state index contributed by atoms with van der Waals surface area (Å²) >= 11 is 0. The zero-order valence-corrected chi connectivity index (χ0v) is 25.8. The van der Waals surface area contributed by atoms with Crippen LogP contribution in [0.4, 0.5) is 0 Å². The second-order valence-corrected chi connectivity index (χ2v) is 12.1. The van der Waals surface area contributed by atoms with Crippen molar-refractivity contribution >= 4 is 5.97 Å². The predicted octanol–water partition coefficient (Wildman–Crippen LogP) is 5.30. The monoisotopic (exact) mass is 562 g/mol. The number of carbonyl (C=O) groups excluding carboxylic acids is 1. The normalized spacial score (nSPS) is 34.7. The van der Waals surface area contributed by atoms with Crippen LogP contribution in [0.3, 0.4) is 0 Å². The van der Waals surface area contributed by atoms with Crippen molar-refractivity contribution in [1.82, 2.24) is 0 Å². The van der Waals surface area contributed by atoms with Gasteiger partial charge in [0.1, 0.15) is 12.2 Å². The minimum atomic E-state index is -0.667. The molecule has 0 aliphatic carbocycles. The first kappa shape index (κ1) is 34.4. The van der Waals surface area contributed by atoms with E-state index in [1.165, 1.54) is 0 Å². The van der Waals surface area contributed by atoms with Crippen LogP contribution in [0, 0.1) is 23.7 Å². The zero-order chi connectivity index (χ0) is 30.0. The van der Waals surface area contributed by atoms with Crippen LogP contribution in [-0.4, -0.2) is 71.1 Å². The lowest BCUT2D eigenvalue weighted by molar-refractivity contribution is -0.146. The molecule has 2 aliphatic rings. The molecule has 0 amide bonds. The number of cyclic esters (lactones) is 1. The van der Waals surface area contributed by atoms with E-state index in [1.54, 1.807) is 14.0 Å². The molecule has 40 heavy (non-hydrogen) atoms. The van der Waals surface area contributed by atoms with Gasteiger partial charge in [-0.15, -0.1) is 0 Å². The van der Waals surface area contributed by atoms with Crippen molar-refractivity contribution in [3.05, 3.63) is 47.6 Å². The summed E-state index contributed by atoms with van der Waals surface area (Å²) in [5.74, 6) is -0.730. The fourth-order valence-electron chi connectivity index (χ4n) is 5.30. The van der Waals surface area contributed by atoms with E-state index in [4.69, 9.17) is 14.2 Å². The molecule has 2 rings (SSSR count). The van der Waals surface area contributed by atoms with E-state index in [1.807, 2.05) is 58.9 Å². The zero-order valence-electron chi connectivity index (χ0n) is 25.8. The molecule has 0 radical (unpaired) electrons. The number of hydrogen-bond acceptors (Lipinski definition) is 7. The summed E-state index contributed by atoms with van der Waals surface area (Å²) < 4.78 is 17.0. The first-order chi connectivity index (χ1) is 18.9. The van der Waals surface area contributed by atoms with E-state index in [0.29, 0.717) is 24.8 Å². The van der Waals surface area contributed by atoms with Gasteiger partial charge in [-0.05, 0) is 58.4 Å². The van der Waals surface area contributed by atoms with Crippen LogP contribution in [0.1, 0.15) is 80.6 Å². The number of aliphatic hydroxyl groups is 3. The van der Waals surface area contributed by atoms with Crippen LogP contribution in [0.25, 0.3) is 0 Å². The highest BCUT2D eigenvalue weighted by Gasteiger charge is 2.45. The topological polar surface area (TPSA) is 109 Å². The van der Waals surface area contributed by atoms with Gasteiger partial charge < -0.3 is 29.5 Å². The molecule has 0 aromatic carbocycles. The molecule has 0 unspecified atom stereocenters. The van der Waals surface area contributed by atoms with Crippen molar-refractivity contribution in [1.29, 1.82) is 0 Å². The van der Waals surface area contributed by atoms with Gasteiger partial charge in [0.25, 0.3) is 0 Å². The average Bonchev–Trinajstić information content (AvgIpc) is 3.70. The summed E-state index contributed by atoms with van der Waals surface area (Å²) in [5, 5.41) is 31.9. The molecule has 3 N–H and O–H groups in total. The number of methoxy groups -OCH3 is 1. The first-order valence-corrected chi connectivity index (χ1v) is 15.0. The van der Waals surface area contributed by atoms with Crippen LogP contribution in [-0.2, 0) is 19.0 Å². The Hall–Kier alpha value is -1.77. The maximum absolute atomic E-state index is 13.0. The molecule has 7 nitrogen and oxygen atoms in total. The van der Waals surface area contributed by atoms with Crippen molar-refractivity contribution in [3.8, 4) is 0 Å². The Labute approximate surface area is 242 Å². The predicted molar refractivity (Wildman–Crippen MR) is 159 cm³/mol. The number of hydrogen-bond donors (Lipinski definition) is 3. The third-order valence-corrected chi connectivity index (χ3v) is 8.68. The molecule has 11 atom stereocenters. The summed E-state index contributed by atoms with van der Waals surface area (Å²) in [6.45, 7) is 13.4. The van der Waals surface area contributed by atoms with Crippen molar-refractivity contribution in [2.24, 2.45) is 23.7 Å². The van der Waals surface area contributed by atoms with Crippen LogP contribution >= 0.6 is 0 Å². The van der Waals surface area contributed by atoms with E-state index < -0.39 is 18.3 Å². The largest absolute Gasteiger partial charge is 0.458 e. The number of aliphatic hydroxyl groups excluding tert-OH is 3. The number of ether oxygens (including phenoxy) is 3. The molecule has 0 bridgehead atoms. The Morgan fingerprint density at radius 3 is 2.42 bits per heavy atom. The van der Waals surface area contributed by atoms with E-state index in [9.17, 15) is 20.1 Å². The molecular weight excluding hydrogens is 508 g/mol. The minimum absolute atomic E-state index is 0.0715. The fraction of sp³-hybridized carbons (Fsp3) is 0.727. The van der Waals surface area contributed by atoms with Gasteiger partial charge in [0.15, 0.2) is 0 Å². The van der Waals surface area contributed by atoms with Crippen LogP contribution in [0.2, 0.25) is 0 Å². The van der Waals surface area contributed by atoms with Crippen molar-refractivity contribution in [2.75, 3.05) is 7.11 Å². The molecule has 228 valence electrons. The maximum Gasteiger partial charge on any atom is 0.334 e. The van der Waals surface area contributed by atoms with E-state index in [-0.39, 0.29) is 54.1 Å². The summed E-state index contributed by atoms with van der Waals surface area (Å²) in [6.07, 6.45) is 13.1. The van der Waals surface area contributed by atoms with Gasteiger partial charge >= 0.3 is 5.97 Å². The van der Waals surface area contributed by atoms with Gasteiger partial charge in [-0.2, -0.15) is 0 Å². The van der Waals surface area contributed by atoms with Crippen molar-refractivity contribution < 1.29 is 34.3 Å². The molecule has 0 saturated carbocycles. The minimum Gasteiger partial charge on any atom is -0.458 e. The summed E-state index contributed by atoms with van der Waals surface area (Å²) in [7, 11) is 1.62. The molecule has 0 spiro atoms. The molecular formula is C33H54O7. The summed E-state index contributed by atoms with van der Waals surface area (Å²) in [5.41, 5.74) is 1.43. The molecule has 0 aromatic heterocycles. The van der Waals surface area contributed by atoms with Gasteiger partial charge in [-0.3, -0.25) is 0 Å². The van der Waals surface area contributed by atoms with Crippen molar-refractivity contribution in [2.45, 2.75) is 123 Å². The number of rotatable bonds is 10. The third kappa shape index (κ3) is 10.6. The Kier molecular flexibility index (Phi) is 14.3. The van der Waals surface area contributed by atoms with Crippen LogP contribution < -0.4 is 0 Å². The van der Waals surface area contributed by atoms with E-state index in [0.717, 1.165) is 18.4 Å². The highest BCUT2D eigenvalue weighted by molar-refractivity contribution is 5.88. The Morgan fingerprint density at radius 2 is 1.75 bits per heavy atom. The highest BCUT2D eigenvalue weighted by atomic mass is 16.6. The quantitative estimate of drug-likeness (QED) is 0.188. The molecule has 7 heteroatoms. The number of fused-ring (bicyclic) bond motifs is 1.